The molecule has 0 saturated heterocycles. The van der Waals surface area contributed by atoms with Crippen LogP contribution in [-0.4, -0.2) is 18.2 Å². The highest BCUT2D eigenvalue weighted by Crippen LogP contribution is 2.31. The maximum atomic E-state index is 11.6. The fourth-order valence-electron chi connectivity index (χ4n) is 2.40. The van der Waals surface area contributed by atoms with Crippen molar-refractivity contribution in [2.75, 3.05) is 0 Å². The fraction of sp³-hybridized carbons (Fsp3) is 0.588. The highest BCUT2D eigenvalue weighted by Gasteiger charge is 2.29. The van der Waals surface area contributed by atoms with E-state index in [0.29, 0.717) is 22.2 Å². The van der Waals surface area contributed by atoms with E-state index in [1.807, 2.05) is 6.92 Å². The molecule has 0 unspecified atom stereocenters. The van der Waals surface area contributed by atoms with E-state index in [1.54, 1.807) is 25.1 Å². The van der Waals surface area contributed by atoms with Crippen LogP contribution in [0.15, 0.2) is 18.2 Å². The molecule has 0 aliphatic carbocycles. The predicted molar refractivity (Wildman–Crippen MR) is 90.8 cm³/mol. The molecule has 0 spiro atoms. The Morgan fingerprint density at radius 2 is 1.82 bits per heavy atom. The number of rotatable bonds is 8. The number of hydrogen-bond donors (Lipinski definition) is 0. The molecule has 0 aliphatic rings. The lowest BCUT2D eigenvalue weighted by atomic mass is 9.93. The lowest BCUT2D eigenvalue weighted by Crippen LogP contribution is -2.39. The van der Waals surface area contributed by atoms with Gasteiger partial charge in [0.25, 0.3) is 0 Å². The average Bonchev–Trinajstić information content (AvgIpc) is 2.49. The van der Waals surface area contributed by atoms with Gasteiger partial charge in [-0.15, -0.1) is 0 Å². The second kappa shape index (κ2) is 9.26. The summed E-state index contributed by atoms with van der Waals surface area (Å²) in [5.74, 6) is 0.600. The fourth-order valence-corrected chi connectivity index (χ4v) is 2.86. The lowest BCUT2D eigenvalue weighted by Gasteiger charge is -2.31. The third kappa shape index (κ3) is 5.36. The monoisotopic (exact) mass is 346 g/mol. The third-order valence-electron chi connectivity index (χ3n) is 3.74. The first-order valence-corrected chi connectivity index (χ1v) is 8.49. The van der Waals surface area contributed by atoms with Gasteiger partial charge in [0.1, 0.15) is 18.0 Å². The van der Waals surface area contributed by atoms with Crippen molar-refractivity contribution >= 4 is 29.2 Å². The quantitative estimate of drug-likeness (QED) is 0.581. The van der Waals surface area contributed by atoms with Gasteiger partial charge in [0.05, 0.1) is 5.02 Å². The molecule has 0 heterocycles. The Labute approximate surface area is 142 Å². The number of esters is 1. The van der Waals surface area contributed by atoms with Gasteiger partial charge >= 0.3 is 5.97 Å². The van der Waals surface area contributed by atoms with Crippen LogP contribution in [0.2, 0.25) is 10.0 Å². The summed E-state index contributed by atoms with van der Waals surface area (Å²) < 4.78 is 11.5. The Kier molecular flexibility index (Phi) is 8.05. The molecule has 0 fully saturated rings. The van der Waals surface area contributed by atoms with Crippen molar-refractivity contribution in [3.63, 3.8) is 0 Å². The second-order valence-corrected chi connectivity index (χ2v) is 6.13. The van der Waals surface area contributed by atoms with Crippen molar-refractivity contribution in [1.82, 2.24) is 0 Å². The van der Waals surface area contributed by atoms with E-state index >= 15 is 0 Å². The summed E-state index contributed by atoms with van der Waals surface area (Å²) in [5, 5.41) is 1.01. The zero-order valence-electron chi connectivity index (χ0n) is 13.6. The van der Waals surface area contributed by atoms with Gasteiger partial charge < -0.3 is 9.47 Å². The summed E-state index contributed by atoms with van der Waals surface area (Å²) in [6.07, 6.45) is 1.62. The number of ether oxygens (including phenoxy) is 2. The molecule has 0 radical (unpaired) electrons. The van der Waals surface area contributed by atoms with E-state index in [1.165, 1.54) is 0 Å². The number of halogens is 2. The van der Waals surface area contributed by atoms with Crippen LogP contribution in [0.1, 0.15) is 47.0 Å². The Morgan fingerprint density at radius 1 is 1.18 bits per heavy atom. The summed E-state index contributed by atoms with van der Waals surface area (Å²) in [5.41, 5.74) is 0. The summed E-state index contributed by atoms with van der Waals surface area (Å²) in [7, 11) is 0. The molecule has 0 saturated carbocycles. The molecule has 0 N–H and O–H groups in total. The molecule has 22 heavy (non-hydrogen) atoms. The zero-order valence-corrected chi connectivity index (χ0v) is 15.1. The first-order chi connectivity index (χ1) is 10.4. The Balaban J connectivity index is 2.96. The molecular weight excluding hydrogens is 323 g/mol. The van der Waals surface area contributed by atoms with E-state index < -0.39 is 0 Å². The van der Waals surface area contributed by atoms with Crippen molar-refractivity contribution < 1.29 is 14.3 Å². The number of carbonyl (C=O) groups is 1. The van der Waals surface area contributed by atoms with E-state index in [9.17, 15) is 4.79 Å². The molecule has 124 valence electrons. The van der Waals surface area contributed by atoms with E-state index in [-0.39, 0.29) is 24.1 Å². The maximum Gasteiger partial charge on any atom is 0.305 e. The summed E-state index contributed by atoms with van der Waals surface area (Å²) in [6, 6.07) is 5.12. The smallest absolute Gasteiger partial charge is 0.305 e. The van der Waals surface area contributed by atoms with Crippen LogP contribution in [0.25, 0.3) is 0 Å². The molecule has 0 aromatic heterocycles. The van der Waals surface area contributed by atoms with Crippen molar-refractivity contribution in [3.8, 4) is 5.75 Å². The number of benzene rings is 1. The minimum absolute atomic E-state index is 0.228. The summed E-state index contributed by atoms with van der Waals surface area (Å²) >= 11 is 12.1. The molecule has 0 bridgehead atoms. The SMILES string of the molecule is CCC(=O)O[C@@H](C)[C@H](Oc1ccc(Cl)cc1Cl)C(CC)CC. The van der Waals surface area contributed by atoms with Gasteiger partial charge in [0.2, 0.25) is 0 Å². The van der Waals surface area contributed by atoms with Gasteiger partial charge in [-0.2, -0.15) is 0 Å². The van der Waals surface area contributed by atoms with E-state index in [0.717, 1.165) is 12.8 Å². The summed E-state index contributed by atoms with van der Waals surface area (Å²) in [6.45, 7) is 7.84. The largest absolute Gasteiger partial charge is 0.485 e. The minimum Gasteiger partial charge on any atom is -0.485 e. The van der Waals surface area contributed by atoms with Crippen LogP contribution >= 0.6 is 23.2 Å². The van der Waals surface area contributed by atoms with Crippen LogP contribution in [0.5, 0.6) is 5.75 Å². The topological polar surface area (TPSA) is 35.5 Å². The molecule has 3 nitrogen and oxygen atoms in total. The Bertz CT molecular complexity index is 487. The number of hydrogen-bond acceptors (Lipinski definition) is 3. The van der Waals surface area contributed by atoms with Gasteiger partial charge in [0, 0.05) is 11.4 Å². The molecule has 1 aromatic rings. The van der Waals surface area contributed by atoms with Crippen LogP contribution in [0, 0.1) is 5.92 Å². The Hall–Kier alpha value is -0.930. The van der Waals surface area contributed by atoms with Gasteiger partial charge in [-0.25, -0.2) is 0 Å². The zero-order chi connectivity index (χ0) is 16.7. The first-order valence-electron chi connectivity index (χ1n) is 7.74. The summed E-state index contributed by atoms with van der Waals surface area (Å²) in [4.78, 5) is 11.6. The van der Waals surface area contributed by atoms with E-state index in [2.05, 4.69) is 13.8 Å². The van der Waals surface area contributed by atoms with Crippen molar-refractivity contribution in [2.45, 2.75) is 59.2 Å². The van der Waals surface area contributed by atoms with Gasteiger partial charge in [-0.3, -0.25) is 4.79 Å². The Morgan fingerprint density at radius 3 is 2.32 bits per heavy atom. The predicted octanol–water partition coefficient (Wildman–Crippen LogP) is 5.52. The van der Waals surface area contributed by atoms with Crippen LogP contribution in [0.3, 0.4) is 0 Å². The maximum absolute atomic E-state index is 11.6. The van der Waals surface area contributed by atoms with Crippen molar-refractivity contribution in [3.05, 3.63) is 28.2 Å². The molecular formula is C17H24Cl2O3. The molecule has 1 aromatic carbocycles. The van der Waals surface area contributed by atoms with Crippen LogP contribution in [0.4, 0.5) is 0 Å². The third-order valence-corrected chi connectivity index (χ3v) is 4.27. The minimum atomic E-state index is -0.343. The van der Waals surface area contributed by atoms with Gasteiger partial charge in [-0.05, 0) is 43.9 Å². The van der Waals surface area contributed by atoms with Crippen molar-refractivity contribution in [1.29, 1.82) is 0 Å². The highest BCUT2D eigenvalue weighted by atomic mass is 35.5. The standard InChI is InChI=1S/C17H24Cl2O3/c1-5-12(6-2)17(11(4)21-16(20)7-3)22-15-9-8-13(18)10-14(15)19/h8-12,17H,5-7H2,1-4H3/t11-,17-/m0/s1. The molecule has 0 amide bonds. The number of carbonyl (C=O) groups excluding carboxylic acids is 1. The highest BCUT2D eigenvalue weighted by molar-refractivity contribution is 6.35. The molecule has 0 aliphatic heterocycles. The van der Waals surface area contributed by atoms with Crippen LogP contribution < -0.4 is 4.74 Å². The second-order valence-electron chi connectivity index (χ2n) is 5.28. The van der Waals surface area contributed by atoms with E-state index in [4.69, 9.17) is 32.7 Å². The molecule has 5 heteroatoms. The average molecular weight is 347 g/mol. The van der Waals surface area contributed by atoms with Crippen LogP contribution in [-0.2, 0) is 9.53 Å². The first kappa shape index (κ1) is 19.1. The van der Waals surface area contributed by atoms with Crippen molar-refractivity contribution in [2.24, 2.45) is 5.92 Å². The van der Waals surface area contributed by atoms with Gasteiger partial charge in [-0.1, -0.05) is 44.0 Å². The lowest BCUT2D eigenvalue weighted by molar-refractivity contribution is -0.154. The molecule has 2 atom stereocenters. The van der Waals surface area contributed by atoms with Gasteiger partial charge in [0.15, 0.2) is 0 Å². The molecule has 1 rings (SSSR count). The normalized spacial score (nSPS) is 13.8.